The van der Waals surface area contributed by atoms with Gasteiger partial charge in [-0.15, -0.1) is 0 Å². The minimum absolute atomic E-state index is 0.0305. The fourth-order valence-electron chi connectivity index (χ4n) is 6.06. The van der Waals surface area contributed by atoms with E-state index in [2.05, 4.69) is 15.3 Å². The molecule has 1 saturated heterocycles. The molecule has 1 atom stereocenters. The molecule has 0 saturated carbocycles. The molecule has 0 bridgehead atoms. The SMILES string of the molecule is CCOc1ccccc1C1(C(=O)NN2CCN(c3ccncc3)CC2)C(=O)N(S(=O)(=O)c2ccc([N+](=O)[O-])cc2)c2ccc(C#N)cc21. The highest BCUT2D eigenvalue weighted by Crippen LogP contribution is 2.51. The topological polar surface area (TPSA) is 179 Å². The number of carbonyl (C=O) groups is 2. The van der Waals surface area contributed by atoms with E-state index in [9.17, 15) is 33.4 Å². The zero-order valence-corrected chi connectivity index (χ0v) is 26.5. The molecule has 1 fully saturated rings. The summed E-state index contributed by atoms with van der Waals surface area (Å²) in [6.45, 7) is 3.74. The van der Waals surface area contributed by atoms with Gasteiger partial charge in [0, 0.05) is 67.5 Å². The number of rotatable bonds is 9. The molecule has 0 radical (unpaired) electrons. The first-order chi connectivity index (χ1) is 23.1. The number of nitrogens with one attached hydrogen (secondary N) is 1. The molecule has 4 aromatic rings. The Hall–Kier alpha value is -5.85. The lowest BCUT2D eigenvalue weighted by Crippen LogP contribution is -2.60. The van der Waals surface area contributed by atoms with Crippen molar-refractivity contribution in [3.05, 3.63) is 118 Å². The standard InChI is InChI=1S/C33H29N7O7S/c1-2-47-30-6-4-3-5-27(30)33(31(41)36-38-19-17-37(18-20-38)24-13-15-35-16-14-24)28-21-23(22-34)7-12-29(28)39(32(33)42)48(45,46)26-10-8-25(9-11-26)40(43)44/h3-16,21H,2,17-20H2,1H3,(H,36,41). The van der Waals surface area contributed by atoms with Gasteiger partial charge in [-0.05, 0) is 55.5 Å². The number of para-hydroxylation sites is 1. The summed E-state index contributed by atoms with van der Waals surface area (Å²) in [4.78, 5) is 46.1. The van der Waals surface area contributed by atoms with E-state index in [1.807, 2.05) is 18.2 Å². The van der Waals surface area contributed by atoms with E-state index in [4.69, 9.17) is 4.74 Å². The zero-order chi connectivity index (χ0) is 34.1. The Morgan fingerprint density at radius 1 is 1.02 bits per heavy atom. The Labute approximate surface area is 276 Å². The van der Waals surface area contributed by atoms with Crippen molar-refractivity contribution in [2.45, 2.75) is 17.2 Å². The Balaban J connectivity index is 1.48. The first kappa shape index (κ1) is 32.1. The molecule has 2 aliphatic rings. The van der Waals surface area contributed by atoms with Crippen molar-refractivity contribution in [1.82, 2.24) is 15.4 Å². The summed E-state index contributed by atoms with van der Waals surface area (Å²) < 4.78 is 34.9. The van der Waals surface area contributed by atoms with Crippen LogP contribution in [0.3, 0.4) is 0 Å². The highest BCUT2D eigenvalue weighted by Gasteiger charge is 2.62. The van der Waals surface area contributed by atoms with Gasteiger partial charge in [0.1, 0.15) is 5.75 Å². The lowest BCUT2D eigenvalue weighted by atomic mass is 9.73. The number of ether oxygens (including phenoxy) is 1. The molecular weight excluding hydrogens is 638 g/mol. The van der Waals surface area contributed by atoms with Gasteiger partial charge in [-0.3, -0.25) is 30.1 Å². The van der Waals surface area contributed by atoms with Gasteiger partial charge in [0.15, 0.2) is 5.41 Å². The van der Waals surface area contributed by atoms with E-state index >= 15 is 0 Å². The minimum Gasteiger partial charge on any atom is -0.494 e. The van der Waals surface area contributed by atoms with E-state index in [0.717, 1.165) is 30.0 Å². The number of anilines is 2. The number of aromatic nitrogens is 1. The average molecular weight is 668 g/mol. The van der Waals surface area contributed by atoms with Crippen LogP contribution in [0.4, 0.5) is 17.1 Å². The van der Waals surface area contributed by atoms with Crippen molar-refractivity contribution in [1.29, 1.82) is 5.26 Å². The predicted molar refractivity (Wildman–Crippen MR) is 173 cm³/mol. The van der Waals surface area contributed by atoms with Crippen LogP contribution in [-0.4, -0.2) is 67.9 Å². The van der Waals surface area contributed by atoms with Crippen LogP contribution in [0.2, 0.25) is 0 Å². The van der Waals surface area contributed by atoms with Gasteiger partial charge in [0.2, 0.25) is 0 Å². The van der Waals surface area contributed by atoms with Crippen molar-refractivity contribution >= 4 is 38.9 Å². The highest BCUT2D eigenvalue weighted by atomic mass is 32.2. The number of carbonyl (C=O) groups excluding carboxylic acids is 2. The van der Waals surface area contributed by atoms with Crippen LogP contribution in [0.1, 0.15) is 23.6 Å². The molecule has 1 unspecified atom stereocenters. The van der Waals surface area contributed by atoms with Crippen LogP contribution in [0.15, 0.2) is 96.2 Å². The molecule has 3 heterocycles. The van der Waals surface area contributed by atoms with Crippen LogP contribution in [-0.2, 0) is 25.0 Å². The molecule has 14 nitrogen and oxygen atoms in total. The second-order valence-corrected chi connectivity index (χ2v) is 12.8. The number of benzene rings is 3. The molecule has 15 heteroatoms. The molecule has 2 amide bonds. The maximum absolute atomic E-state index is 15.0. The van der Waals surface area contributed by atoms with E-state index < -0.39 is 37.1 Å². The molecule has 244 valence electrons. The number of hydrogen-bond donors (Lipinski definition) is 1. The molecule has 6 rings (SSSR count). The maximum atomic E-state index is 15.0. The largest absolute Gasteiger partial charge is 0.494 e. The molecule has 2 aliphatic heterocycles. The van der Waals surface area contributed by atoms with Gasteiger partial charge in [-0.1, -0.05) is 18.2 Å². The third-order valence-electron chi connectivity index (χ3n) is 8.34. The third kappa shape index (κ3) is 5.36. The summed E-state index contributed by atoms with van der Waals surface area (Å²) >= 11 is 0. The summed E-state index contributed by atoms with van der Waals surface area (Å²) in [6, 6.07) is 20.2. The molecule has 48 heavy (non-hydrogen) atoms. The summed E-state index contributed by atoms with van der Waals surface area (Å²) in [5.41, 5.74) is 1.20. The van der Waals surface area contributed by atoms with Gasteiger partial charge >= 0.3 is 0 Å². The number of hydrogen-bond acceptors (Lipinski definition) is 11. The van der Waals surface area contributed by atoms with Crippen LogP contribution < -0.4 is 19.4 Å². The highest BCUT2D eigenvalue weighted by molar-refractivity contribution is 7.93. The van der Waals surface area contributed by atoms with E-state index in [-0.39, 0.29) is 40.4 Å². The number of piperazine rings is 1. The first-order valence-electron chi connectivity index (χ1n) is 14.9. The van der Waals surface area contributed by atoms with Crippen LogP contribution in [0.25, 0.3) is 0 Å². The monoisotopic (exact) mass is 667 g/mol. The maximum Gasteiger partial charge on any atom is 0.270 e. The van der Waals surface area contributed by atoms with Crippen LogP contribution in [0, 0.1) is 21.4 Å². The molecular formula is C33H29N7O7S. The number of nitro groups is 1. The van der Waals surface area contributed by atoms with Gasteiger partial charge in [-0.2, -0.15) is 5.26 Å². The fraction of sp³-hybridized carbons (Fsp3) is 0.212. The summed E-state index contributed by atoms with van der Waals surface area (Å²) in [6.07, 6.45) is 3.39. The van der Waals surface area contributed by atoms with Gasteiger partial charge < -0.3 is 9.64 Å². The molecule has 3 aromatic carbocycles. The van der Waals surface area contributed by atoms with Crippen molar-refractivity contribution in [2.24, 2.45) is 0 Å². The average Bonchev–Trinajstić information content (AvgIpc) is 3.37. The predicted octanol–water partition coefficient (Wildman–Crippen LogP) is 3.14. The van der Waals surface area contributed by atoms with E-state index in [1.165, 1.54) is 24.3 Å². The van der Waals surface area contributed by atoms with Crippen LogP contribution >= 0.6 is 0 Å². The smallest absolute Gasteiger partial charge is 0.270 e. The minimum atomic E-state index is -4.74. The molecule has 0 spiro atoms. The molecule has 0 aliphatic carbocycles. The quantitative estimate of drug-likeness (QED) is 0.157. The van der Waals surface area contributed by atoms with Gasteiger partial charge in [-0.25, -0.2) is 17.7 Å². The van der Waals surface area contributed by atoms with Gasteiger partial charge in [0.25, 0.3) is 27.5 Å². The van der Waals surface area contributed by atoms with Crippen molar-refractivity contribution < 1.29 is 27.7 Å². The molecule has 1 aromatic heterocycles. The first-order valence-corrected chi connectivity index (χ1v) is 16.4. The second kappa shape index (κ2) is 12.7. The fourth-order valence-corrected chi connectivity index (χ4v) is 7.53. The number of nitro benzene ring substituents is 1. The van der Waals surface area contributed by atoms with Crippen molar-refractivity contribution in [3.63, 3.8) is 0 Å². The Kier molecular flexibility index (Phi) is 8.52. The number of amides is 2. The summed E-state index contributed by atoms with van der Waals surface area (Å²) in [5, 5.41) is 22.8. The second-order valence-electron chi connectivity index (χ2n) is 11.0. The van der Waals surface area contributed by atoms with E-state index in [1.54, 1.807) is 42.5 Å². The van der Waals surface area contributed by atoms with Crippen molar-refractivity contribution in [3.8, 4) is 11.8 Å². The number of pyridine rings is 1. The van der Waals surface area contributed by atoms with Gasteiger partial charge in [0.05, 0.1) is 33.7 Å². The lowest BCUT2D eigenvalue weighted by Gasteiger charge is -2.38. The number of sulfonamides is 1. The molecule has 1 N–H and O–H groups in total. The third-order valence-corrected chi connectivity index (χ3v) is 10.0. The van der Waals surface area contributed by atoms with E-state index in [0.29, 0.717) is 30.5 Å². The van der Waals surface area contributed by atoms with Crippen molar-refractivity contribution in [2.75, 3.05) is 42.0 Å². The normalized spacial score (nSPS) is 17.8. The Bertz CT molecular complexity index is 2040. The Morgan fingerprint density at radius 3 is 2.35 bits per heavy atom. The summed E-state index contributed by atoms with van der Waals surface area (Å²) in [5.74, 6) is -1.78. The summed E-state index contributed by atoms with van der Waals surface area (Å²) in [7, 11) is -4.74. The lowest BCUT2D eigenvalue weighted by molar-refractivity contribution is -0.384. The zero-order valence-electron chi connectivity index (χ0n) is 25.6. The number of hydrazine groups is 1. The number of nitrogens with zero attached hydrogens (tertiary/aromatic N) is 6. The number of fused-ring (bicyclic) bond motifs is 1. The van der Waals surface area contributed by atoms with Crippen LogP contribution in [0.5, 0.6) is 5.75 Å². The Morgan fingerprint density at radius 2 is 1.71 bits per heavy atom. The number of non-ortho nitro benzene ring substituents is 1. The number of nitriles is 1.